The normalized spacial score (nSPS) is 13.3. The minimum Gasteiger partial charge on any atom is -0.507 e. The van der Waals surface area contributed by atoms with Crippen LogP contribution < -0.4 is 0 Å². The number of phenols is 1. The van der Waals surface area contributed by atoms with E-state index in [1.54, 1.807) is 6.07 Å². The van der Waals surface area contributed by atoms with Gasteiger partial charge in [0.1, 0.15) is 5.75 Å². The summed E-state index contributed by atoms with van der Waals surface area (Å²) in [5, 5.41) is 9.32. The molecule has 0 heterocycles. The van der Waals surface area contributed by atoms with Crippen molar-refractivity contribution in [3.63, 3.8) is 0 Å². The van der Waals surface area contributed by atoms with Gasteiger partial charge in [0.2, 0.25) is 0 Å². The molecule has 0 spiro atoms. The van der Waals surface area contributed by atoms with Crippen molar-refractivity contribution in [1.29, 1.82) is 0 Å². The van der Waals surface area contributed by atoms with Crippen LogP contribution in [0.15, 0.2) is 22.7 Å². The van der Waals surface area contributed by atoms with E-state index in [4.69, 9.17) is 0 Å². The van der Waals surface area contributed by atoms with Crippen molar-refractivity contribution in [1.82, 2.24) is 0 Å². The second-order valence-electron chi connectivity index (χ2n) is 3.74. The van der Waals surface area contributed by atoms with Gasteiger partial charge in [0, 0.05) is 0 Å². The SMILES string of the molecule is CC(C)C(C)c1ccc(O)c(Br)c1. The van der Waals surface area contributed by atoms with Gasteiger partial charge in [-0.2, -0.15) is 0 Å². The Hall–Kier alpha value is -0.500. The molecular weight excluding hydrogens is 228 g/mol. The molecular formula is C11H15BrO. The third-order valence-corrected chi connectivity index (χ3v) is 3.13. The van der Waals surface area contributed by atoms with E-state index in [1.165, 1.54) is 5.56 Å². The van der Waals surface area contributed by atoms with E-state index in [0.29, 0.717) is 17.6 Å². The monoisotopic (exact) mass is 242 g/mol. The van der Waals surface area contributed by atoms with Gasteiger partial charge < -0.3 is 5.11 Å². The minimum atomic E-state index is 0.305. The Kier molecular flexibility index (Phi) is 3.37. The van der Waals surface area contributed by atoms with Crippen LogP contribution in [0.3, 0.4) is 0 Å². The third kappa shape index (κ3) is 2.47. The van der Waals surface area contributed by atoms with Crippen molar-refractivity contribution in [2.45, 2.75) is 26.7 Å². The second kappa shape index (κ2) is 4.14. The van der Waals surface area contributed by atoms with E-state index in [2.05, 4.69) is 36.7 Å². The Morgan fingerprint density at radius 3 is 2.31 bits per heavy atom. The van der Waals surface area contributed by atoms with Crippen LogP contribution in [0.4, 0.5) is 0 Å². The van der Waals surface area contributed by atoms with Gasteiger partial charge in [0.05, 0.1) is 4.47 Å². The zero-order valence-electron chi connectivity index (χ0n) is 8.21. The van der Waals surface area contributed by atoms with E-state index < -0.39 is 0 Å². The number of rotatable bonds is 2. The van der Waals surface area contributed by atoms with Gasteiger partial charge in [0.25, 0.3) is 0 Å². The minimum absolute atomic E-state index is 0.305. The van der Waals surface area contributed by atoms with Gasteiger partial charge in [-0.25, -0.2) is 0 Å². The van der Waals surface area contributed by atoms with Crippen LogP contribution in [0.2, 0.25) is 0 Å². The molecule has 0 saturated heterocycles. The van der Waals surface area contributed by atoms with E-state index in [1.807, 2.05) is 12.1 Å². The predicted molar refractivity (Wildman–Crippen MR) is 59.1 cm³/mol. The Morgan fingerprint density at radius 2 is 1.85 bits per heavy atom. The highest BCUT2D eigenvalue weighted by Gasteiger charge is 2.10. The molecule has 0 radical (unpaired) electrons. The largest absolute Gasteiger partial charge is 0.507 e. The summed E-state index contributed by atoms with van der Waals surface area (Å²) in [5.41, 5.74) is 1.26. The van der Waals surface area contributed by atoms with Crippen LogP contribution in [-0.4, -0.2) is 5.11 Å². The molecule has 1 aromatic rings. The lowest BCUT2D eigenvalue weighted by molar-refractivity contribution is 0.470. The first-order valence-corrected chi connectivity index (χ1v) is 5.30. The summed E-state index contributed by atoms with van der Waals surface area (Å²) in [7, 11) is 0. The summed E-state index contributed by atoms with van der Waals surface area (Å²) in [5.74, 6) is 1.45. The Labute approximate surface area is 87.9 Å². The quantitative estimate of drug-likeness (QED) is 0.834. The maximum atomic E-state index is 9.32. The second-order valence-corrected chi connectivity index (χ2v) is 4.60. The molecule has 1 atom stereocenters. The van der Waals surface area contributed by atoms with E-state index in [9.17, 15) is 5.11 Å². The van der Waals surface area contributed by atoms with Gasteiger partial charge >= 0.3 is 0 Å². The Morgan fingerprint density at radius 1 is 1.23 bits per heavy atom. The van der Waals surface area contributed by atoms with Crippen molar-refractivity contribution >= 4 is 15.9 Å². The molecule has 1 N–H and O–H groups in total. The number of hydrogen-bond acceptors (Lipinski definition) is 1. The molecule has 0 aliphatic rings. The van der Waals surface area contributed by atoms with Crippen LogP contribution in [0, 0.1) is 5.92 Å². The molecule has 1 unspecified atom stereocenters. The summed E-state index contributed by atoms with van der Waals surface area (Å²) in [6, 6.07) is 5.70. The maximum Gasteiger partial charge on any atom is 0.129 e. The lowest BCUT2D eigenvalue weighted by atomic mass is 9.90. The Bertz CT molecular complexity index is 294. The molecule has 0 fully saturated rings. The molecule has 0 aromatic heterocycles. The highest BCUT2D eigenvalue weighted by Crippen LogP contribution is 2.30. The van der Waals surface area contributed by atoms with Crippen molar-refractivity contribution in [2.75, 3.05) is 0 Å². The molecule has 2 heteroatoms. The van der Waals surface area contributed by atoms with Gasteiger partial charge in [-0.15, -0.1) is 0 Å². The highest BCUT2D eigenvalue weighted by molar-refractivity contribution is 9.10. The smallest absolute Gasteiger partial charge is 0.129 e. The van der Waals surface area contributed by atoms with Gasteiger partial charge in [-0.1, -0.05) is 26.8 Å². The van der Waals surface area contributed by atoms with Gasteiger partial charge in [-0.3, -0.25) is 0 Å². The highest BCUT2D eigenvalue weighted by atomic mass is 79.9. The van der Waals surface area contributed by atoms with Crippen molar-refractivity contribution in [3.05, 3.63) is 28.2 Å². The molecule has 72 valence electrons. The first-order chi connectivity index (χ1) is 6.02. The molecule has 1 aromatic carbocycles. The van der Waals surface area contributed by atoms with Crippen LogP contribution in [0.25, 0.3) is 0 Å². The van der Waals surface area contributed by atoms with Gasteiger partial charge in [-0.05, 0) is 45.5 Å². The fraction of sp³-hybridized carbons (Fsp3) is 0.455. The summed E-state index contributed by atoms with van der Waals surface area (Å²) in [6.45, 7) is 6.60. The van der Waals surface area contributed by atoms with Gasteiger partial charge in [0.15, 0.2) is 0 Å². The van der Waals surface area contributed by atoms with E-state index in [-0.39, 0.29) is 0 Å². The third-order valence-electron chi connectivity index (χ3n) is 2.50. The first-order valence-electron chi connectivity index (χ1n) is 4.50. The predicted octanol–water partition coefficient (Wildman–Crippen LogP) is 3.91. The molecule has 1 nitrogen and oxygen atoms in total. The van der Waals surface area contributed by atoms with Crippen LogP contribution in [-0.2, 0) is 0 Å². The number of hydrogen-bond donors (Lipinski definition) is 1. The summed E-state index contributed by atoms with van der Waals surface area (Å²) >= 11 is 3.31. The first kappa shape index (κ1) is 10.6. The summed E-state index contributed by atoms with van der Waals surface area (Å²) < 4.78 is 0.775. The van der Waals surface area contributed by atoms with Crippen LogP contribution >= 0.6 is 15.9 Å². The Balaban J connectivity index is 2.97. The zero-order chi connectivity index (χ0) is 10.0. The van der Waals surface area contributed by atoms with E-state index >= 15 is 0 Å². The number of halogens is 1. The number of aromatic hydroxyl groups is 1. The van der Waals surface area contributed by atoms with Crippen LogP contribution in [0.5, 0.6) is 5.75 Å². The summed E-state index contributed by atoms with van der Waals surface area (Å²) in [4.78, 5) is 0. The summed E-state index contributed by atoms with van der Waals surface area (Å²) in [6.07, 6.45) is 0. The van der Waals surface area contributed by atoms with Crippen LogP contribution in [0.1, 0.15) is 32.3 Å². The average molecular weight is 243 g/mol. The average Bonchev–Trinajstić information content (AvgIpc) is 2.08. The maximum absolute atomic E-state index is 9.32. The van der Waals surface area contributed by atoms with E-state index in [0.717, 1.165) is 4.47 Å². The van der Waals surface area contributed by atoms with Crippen molar-refractivity contribution in [2.24, 2.45) is 5.92 Å². The lowest BCUT2D eigenvalue weighted by Crippen LogP contribution is -2.01. The molecule has 13 heavy (non-hydrogen) atoms. The standard InChI is InChI=1S/C11H15BrO/c1-7(2)8(3)9-4-5-11(13)10(12)6-9/h4-8,13H,1-3H3. The lowest BCUT2D eigenvalue weighted by Gasteiger charge is -2.16. The molecule has 0 saturated carbocycles. The topological polar surface area (TPSA) is 20.2 Å². The molecule has 0 bridgehead atoms. The molecule has 1 rings (SSSR count). The number of benzene rings is 1. The zero-order valence-corrected chi connectivity index (χ0v) is 9.80. The fourth-order valence-corrected chi connectivity index (χ4v) is 1.59. The molecule has 0 aliphatic carbocycles. The van der Waals surface area contributed by atoms with Crippen molar-refractivity contribution < 1.29 is 5.11 Å². The molecule has 0 amide bonds. The molecule has 0 aliphatic heterocycles. The van der Waals surface area contributed by atoms with Crippen molar-refractivity contribution in [3.8, 4) is 5.75 Å². The fourth-order valence-electron chi connectivity index (χ4n) is 1.19. The number of phenolic OH excluding ortho intramolecular Hbond substituents is 1.